The summed E-state index contributed by atoms with van der Waals surface area (Å²) in [6.07, 6.45) is 4.43. The molecule has 5 amide bonds. The lowest BCUT2D eigenvalue weighted by atomic mass is 10.0. The van der Waals surface area contributed by atoms with Gasteiger partial charge in [0.1, 0.15) is 11.0 Å². The number of thiophene rings is 1. The minimum absolute atomic E-state index is 0.208. The van der Waals surface area contributed by atoms with Crippen LogP contribution in [-0.4, -0.2) is 39.3 Å². The number of rotatable bonds is 5. The van der Waals surface area contributed by atoms with Crippen LogP contribution in [0, 0.1) is 0 Å². The van der Waals surface area contributed by atoms with E-state index in [1.165, 1.54) is 4.90 Å². The highest BCUT2D eigenvalue weighted by Gasteiger charge is 2.39. The number of piperidine rings is 1. The second-order valence-corrected chi connectivity index (χ2v) is 8.82. The van der Waals surface area contributed by atoms with Crippen LogP contribution in [0.3, 0.4) is 0 Å². The maximum absolute atomic E-state index is 12.8. The fraction of sp³-hybridized carbons (Fsp3) is 0.217. The van der Waals surface area contributed by atoms with Gasteiger partial charge >= 0.3 is 6.03 Å². The third-order valence-corrected chi connectivity index (χ3v) is 6.75. The van der Waals surface area contributed by atoms with Crippen LogP contribution in [0.25, 0.3) is 5.00 Å². The molecule has 168 valence electrons. The predicted octanol–water partition coefficient (Wildman–Crippen LogP) is 2.62. The van der Waals surface area contributed by atoms with Gasteiger partial charge in [0.2, 0.25) is 11.8 Å². The van der Waals surface area contributed by atoms with E-state index in [1.54, 1.807) is 29.5 Å². The first kappa shape index (κ1) is 21.0. The van der Waals surface area contributed by atoms with Crippen molar-refractivity contribution in [3.8, 4) is 5.00 Å². The average molecular weight is 464 g/mol. The van der Waals surface area contributed by atoms with E-state index in [0.717, 1.165) is 16.1 Å². The van der Waals surface area contributed by atoms with Gasteiger partial charge in [-0.1, -0.05) is 0 Å². The summed E-state index contributed by atoms with van der Waals surface area (Å²) in [6.45, 7) is 0.627. The van der Waals surface area contributed by atoms with Crippen molar-refractivity contribution in [2.24, 2.45) is 0 Å². The van der Waals surface area contributed by atoms with Gasteiger partial charge < -0.3 is 20.1 Å². The summed E-state index contributed by atoms with van der Waals surface area (Å²) >= 11 is 1.60. The second-order valence-electron chi connectivity index (χ2n) is 7.92. The molecule has 9 nitrogen and oxygen atoms in total. The van der Waals surface area contributed by atoms with E-state index < -0.39 is 11.9 Å². The molecule has 3 aromatic rings. The Hall–Kier alpha value is -3.92. The molecule has 0 radical (unpaired) electrons. The number of carbonyl (C=O) groups excluding carboxylic acids is 4. The summed E-state index contributed by atoms with van der Waals surface area (Å²) in [5.41, 5.74) is 2.79. The van der Waals surface area contributed by atoms with Crippen molar-refractivity contribution < 1.29 is 19.2 Å². The standard InChI is InChI=1S/C23H21N5O4S/c29-19-6-5-18(20(30)26-19)28-13-15-11-16(3-4-17(15)21(28)31)25-23(32)24-12-14-7-10-33-22(14)27-8-1-2-9-27/h1-4,7-11,18H,5-6,12-13H2,(H2,24,25,32)(H,26,29,30). The molecule has 1 saturated heterocycles. The number of urea groups is 1. The molecule has 0 bridgehead atoms. The number of benzene rings is 1. The number of hydrogen-bond acceptors (Lipinski definition) is 5. The fourth-order valence-electron chi connectivity index (χ4n) is 4.16. The van der Waals surface area contributed by atoms with Crippen LogP contribution in [0.2, 0.25) is 0 Å². The summed E-state index contributed by atoms with van der Waals surface area (Å²) in [5.74, 6) is -1.01. The zero-order valence-electron chi connectivity index (χ0n) is 17.5. The van der Waals surface area contributed by atoms with Crippen molar-refractivity contribution in [2.75, 3.05) is 5.32 Å². The van der Waals surface area contributed by atoms with E-state index in [0.29, 0.717) is 24.2 Å². The first-order valence-corrected chi connectivity index (χ1v) is 11.4. The second kappa shape index (κ2) is 8.55. The molecule has 1 unspecified atom stereocenters. The molecule has 0 aliphatic carbocycles. The van der Waals surface area contributed by atoms with Crippen LogP contribution >= 0.6 is 11.3 Å². The van der Waals surface area contributed by atoms with Crippen LogP contribution in [0.5, 0.6) is 0 Å². The van der Waals surface area contributed by atoms with Gasteiger partial charge in [0.05, 0.1) is 0 Å². The van der Waals surface area contributed by atoms with E-state index in [2.05, 4.69) is 16.0 Å². The van der Waals surface area contributed by atoms with Gasteiger partial charge in [0, 0.05) is 48.7 Å². The van der Waals surface area contributed by atoms with E-state index in [1.807, 2.05) is 40.5 Å². The van der Waals surface area contributed by atoms with Gasteiger partial charge in [-0.15, -0.1) is 11.3 Å². The Bertz CT molecular complexity index is 1250. The molecule has 2 aromatic heterocycles. The lowest BCUT2D eigenvalue weighted by Crippen LogP contribution is -2.52. The quantitative estimate of drug-likeness (QED) is 0.505. The van der Waals surface area contributed by atoms with E-state index >= 15 is 0 Å². The van der Waals surface area contributed by atoms with Crippen molar-refractivity contribution in [3.63, 3.8) is 0 Å². The highest BCUT2D eigenvalue weighted by molar-refractivity contribution is 7.12. The Morgan fingerprint density at radius 2 is 1.97 bits per heavy atom. The number of imide groups is 1. The Morgan fingerprint density at radius 1 is 1.15 bits per heavy atom. The van der Waals surface area contributed by atoms with Crippen molar-refractivity contribution in [1.29, 1.82) is 0 Å². The number of carbonyl (C=O) groups is 4. The van der Waals surface area contributed by atoms with Gasteiger partial charge in [0.15, 0.2) is 0 Å². The maximum atomic E-state index is 12.8. The van der Waals surface area contributed by atoms with Gasteiger partial charge in [-0.3, -0.25) is 19.7 Å². The Kier molecular flexibility index (Phi) is 5.43. The summed E-state index contributed by atoms with van der Waals surface area (Å²) in [5, 5.41) is 11.0. The molecule has 2 aliphatic heterocycles. The summed E-state index contributed by atoms with van der Waals surface area (Å²) in [6, 6.07) is 9.92. The van der Waals surface area contributed by atoms with E-state index in [4.69, 9.17) is 0 Å². The molecular formula is C23H21N5O4S. The molecule has 2 aliphatic rings. The first-order chi connectivity index (χ1) is 16.0. The average Bonchev–Trinajstić information content (AvgIpc) is 3.53. The van der Waals surface area contributed by atoms with Crippen molar-refractivity contribution in [3.05, 3.63) is 70.9 Å². The molecule has 1 atom stereocenters. The maximum Gasteiger partial charge on any atom is 0.319 e. The molecule has 10 heteroatoms. The van der Waals surface area contributed by atoms with Crippen LogP contribution in [0.15, 0.2) is 54.2 Å². The summed E-state index contributed by atoms with van der Waals surface area (Å²) in [4.78, 5) is 50.3. The molecule has 4 heterocycles. The SMILES string of the molecule is O=C1CCC(N2Cc3cc(NC(=O)NCc4ccsc4-n4cccc4)ccc3C2=O)C(=O)N1. The molecule has 33 heavy (non-hydrogen) atoms. The van der Waals surface area contributed by atoms with Crippen molar-refractivity contribution in [2.45, 2.75) is 32.0 Å². The highest BCUT2D eigenvalue weighted by Crippen LogP contribution is 2.29. The molecule has 5 rings (SSSR count). The van der Waals surface area contributed by atoms with Crippen LogP contribution in [0.4, 0.5) is 10.5 Å². The van der Waals surface area contributed by atoms with Crippen molar-refractivity contribution in [1.82, 2.24) is 20.1 Å². The Balaban J connectivity index is 1.22. The van der Waals surface area contributed by atoms with Crippen LogP contribution in [-0.2, 0) is 22.7 Å². The van der Waals surface area contributed by atoms with Gasteiger partial charge in [0.25, 0.3) is 5.91 Å². The van der Waals surface area contributed by atoms with E-state index in [9.17, 15) is 19.2 Å². The molecule has 0 spiro atoms. The predicted molar refractivity (Wildman–Crippen MR) is 122 cm³/mol. The fourth-order valence-corrected chi connectivity index (χ4v) is 5.06. The third kappa shape index (κ3) is 4.12. The third-order valence-electron chi connectivity index (χ3n) is 5.78. The molecule has 1 aromatic carbocycles. The minimum atomic E-state index is -0.664. The number of nitrogens with one attached hydrogen (secondary N) is 3. The zero-order chi connectivity index (χ0) is 22.9. The molecular weight excluding hydrogens is 442 g/mol. The largest absolute Gasteiger partial charge is 0.334 e. The number of fused-ring (bicyclic) bond motifs is 1. The van der Waals surface area contributed by atoms with Crippen LogP contribution < -0.4 is 16.0 Å². The number of hydrogen-bond donors (Lipinski definition) is 3. The number of nitrogens with zero attached hydrogens (tertiary/aromatic N) is 2. The Labute approximate surface area is 193 Å². The first-order valence-electron chi connectivity index (χ1n) is 10.5. The highest BCUT2D eigenvalue weighted by atomic mass is 32.1. The van der Waals surface area contributed by atoms with Crippen LogP contribution in [0.1, 0.15) is 34.3 Å². The lowest BCUT2D eigenvalue weighted by Gasteiger charge is -2.29. The molecule has 0 saturated carbocycles. The van der Waals surface area contributed by atoms with Crippen molar-refractivity contribution >= 4 is 40.8 Å². The van der Waals surface area contributed by atoms with Gasteiger partial charge in [-0.25, -0.2) is 4.79 Å². The zero-order valence-corrected chi connectivity index (χ0v) is 18.4. The normalized spacial score (nSPS) is 17.6. The molecule has 1 fully saturated rings. The summed E-state index contributed by atoms with van der Waals surface area (Å²) in [7, 11) is 0. The molecule has 3 N–H and O–H groups in total. The van der Waals surface area contributed by atoms with E-state index in [-0.39, 0.29) is 30.8 Å². The number of amides is 5. The smallest absolute Gasteiger partial charge is 0.319 e. The topological polar surface area (TPSA) is 113 Å². The minimum Gasteiger partial charge on any atom is -0.334 e. The van der Waals surface area contributed by atoms with Gasteiger partial charge in [-0.05, 0) is 53.8 Å². The Morgan fingerprint density at radius 3 is 2.76 bits per heavy atom. The lowest BCUT2D eigenvalue weighted by molar-refractivity contribution is -0.136. The number of aromatic nitrogens is 1. The monoisotopic (exact) mass is 463 g/mol. The summed E-state index contributed by atoms with van der Waals surface area (Å²) < 4.78 is 2.01. The van der Waals surface area contributed by atoms with Gasteiger partial charge in [-0.2, -0.15) is 0 Å². The number of anilines is 1.